The third-order valence-electron chi connectivity index (χ3n) is 3.93. The first-order valence-corrected chi connectivity index (χ1v) is 7.07. The minimum atomic E-state index is 0.185. The molecule has 0 aliphatic carbocycles. The number of aromatic nitrogens is 4. The molecule has 1 unspecified atom stereocenters. The third-order valence-corrected chi connectivity index (χ3v) is 3.93. The molecule has 1 N–H and O–H groups in total. The molecule has 4 rings (SSSR count). The van der Waals surface area contributed by atoms with Gasteiger partial charge in [0.15, 0.2) is 0 Å². The Hall–Kier alpha value is -2.40. The van der Waals surface area contributed by atoms with Gasteiger partial charge in [0.1, 0.15) is 6.10 Å². The monoisotopic (exact) mass is 280 g/mol. The Morgan fingerprint density at radius 2 is 2.24 bits per heavy atom. The Labute approximate surface area is 122 Å². The fourth-order valence-corrected chi connectivity index (χ4v) is 2.58. The second-order valence-electron chi connectivity index (χ2n) is 5.33. The van der Waals surface area contributed by atoms with Crippen LogP contribution in [0, 0.1) is 6.92 Å². The van der Waals surface area contributed by atoms with Crippen molar-refractivity contribution in [2.75, 3.05) is 6.61 Å². The Bertz CT molecular complexity index is 756. The molecule has 3 aromatic rings. The van der Waals surface area contributed by atoms with Gasteiger partial charge in [0.2, 0.25) is 0 Å². The van der Waals surface area contributed by atoms with Gasteiger partial charge >= 0.3 is 0 Å². The maximum atomic E-state index is 5.48. The molecule has 0 spiro atoms. The van der Waals surface area contributed by atoms with Crippen molar-refractivity contribution in [3.63, 3.8) is 0 Å². The van der Waals surface area contributed by atoms with E-state index in [0.29, 0.717) is 0 Å². The summed E-state index contributed by atoms with van der Waals surface area (Å²) in [6, 6.07) is 8.42. The zero-order chi connectivity index (χ0) is 14.2. The minimum Gasteiger partial charge on any atom is -0.372 e. The third kappa shape index (κ3) is 2.15. The van der Waals surface area contributed by atoms with E-state index in [9.17, 15) is 0 Å². The standard InChI is InChI=1S/C16H16N4O/c1-11-2-3-12(8-15(11)20-6-5-17-10-20)13-9-14(19-18-13)16-4-7-21-16/h2-3,5-6,8-10,16H,4,7H2,1H3,(H,18,19). The summed E-state index contributed by atoms with van der Waals surface area (Å²) in [7, 11) is 0. The number of hydrogen-bond acceptors (Lipinski definition) is 3. The zero-order valence-electron chi connectivity index (χ0n) is 11.8. The van der Waals surface area contributed by atoms with Gasteiger partial charge in [-0.1, -0.05) is 12.1 Å². The van der Waals surface area contributed by atoms with Crippen LogP contribution in [0.2, 0.25) is 0 Å². The van der Waals surface area contributed by atoms with Gasteiger partial charge in [0.25, 0.3) is 0 Å². The van der Waals surface area contributed by atoms with E-state index in [0.717, 1.165) is 35.7 Å². The first-order chi connectivity index (χ1) is 10.3. The summed E-state index contributed by atoms with van der Waals surface area (Å²) < 4.78 is 7.50. The van der Waals surface area contributed by atoms with E-state index in [2.05, 4.69) is 46.4 Å². The van der Waals surface area contributed by atoms with Gasteiger partial charge in [0.05, 0.1) is 30.0 Å². The van der Waals surface area contributed by atoms with Gasteiger partial charge in [-0.05, 0) is 24.6 Å². The van der Waals surface area contributed by atoms with Crippen LogP contribution in [0.5, 0.6) is 0 Å². The number of H-pyrrole nitrogens is 1. The number of rotatable bonds is 3. The highest BCUT2D eigenvalue weighted by Gasteiger charge is 2.22. The normalized spacial score (nSPS) is 17.7. The summed E-state index contributed by atoms with van der Waals surface area (Å²) in [4.78, 5) is 4.11. The lowest BCUT2D eigenvalue weighted by atomic mass is 10.1. The Balaban J connectivity index is 1.71. The highest BCUT2D eigenvalue weighted by molar-refractivity contribution is 5.64. The Morgan fingerprint density at radius 1 is 1.33 bits per heavy atom. The van der Waals surface area contributed by atoms with E-state index in [1.807, 2.05) is 17.1 Å². The number of ether oxygens (including phenoxy) is 1. The van der Waals surface area contributed by atoms with Crippen molar-refractivity contribution in [3.8, 4) is 16.9 Å². The molecule has 2 aromatic heterocycles. The van der Waals surface area contributed by atoms with Gasteiger partial charge < -0.3 is 9.30 Å². The van der Waals surface area contributed by atoms with E-state index in [1.54, 1.807) is 6.20 Å². The summed E-state index contributed by atoms with van der Waals surface area (Å²) in [5.74, 6) is 0. The van der Waals surface area contributed by atoms with Crippen LogP contribution in [0.1, 0.15) is 23.8 Å². The van der Waals surface area contributed by atoms with Crippen molar-refractivity contribution in [2.45, 2.75) is 19.4 Å². The van der Waals surface area contributed by atoms with Crippen LogP contribution in [-0.4, -0.2) is 26.4 Å². The van der Waals surface area contributed by atoms with Crippen molar-refractivity contribution in [3.05, 3.63) is 54.2 Å². The number of benzene rings is 1. The van der Waals surface area contributed by atoms with Crippen LogP contribution in [0.3, 0.4) is 0 Å². The van der Waals surface area contributed by atoms with Crippen LogP contribution < -0.4 is 0 Å². The van der Waals surface area contributed by atoms with E-state index in [1.165, 1.54) is 5.56 Å². The lowest BCUT2D eigenvalue weighted by Gasteiger charge is -2.24. The molecule has 5 nitrogen and oxygen atoms in total. The number of nitrogens with one attached hydrogen (secondary N) is 1. The van der Waals surface area contributed by atoms with Gasteiger partial charge in [0, 0.05) is 24.4 Å². The molecule has 5 heteroatoms. The number of aromatic amines is 1. The summed E-state index contributed by atoms with van der Waals surface area (Å²) >= 11 is 0. The molecule has 0 amide bonds. The van der Waals surface area contributed by atoms with Crippen LogP contribution in [0.25, 0.3) is 16.9 Å². The number of nitrogens with zero attached hydrogens (tertiary/aromatic N) is 3. The molecular formula is C16H16N4O. The fourth-order valence-electron chi connectivity index (χ4n) is 2.58. The second kappa shape index (κ2) is 4.86. The summed E-state index contributed by atoms with van der Waals surface area (Å²) in [6.45, 7) is 2.94. The second-order valence-corrected chi connectivity index (χ2v) is 5.33. The predicted molar refractivity (Wildman–Crippen MR) is 79.2 cm³/mol. The first kappa shape index (κ1) is 12.3. The van der Waals surface area contributed by atoms with Crippen molar-refractivity contribution in [1.82, 2.24) is 19.7 Å². The molecule has 3 heterocycles. The fraction of sp³-hybridized carbons (Fsp3) is 0.250. The van der Waals surface area contributed by atoms with E-state index >= 15 is 0 Å². The number of imidazole rings is 1. The van der Waals surface area contributed by atoms with Crippen molar-refractivity contribution >= 4 is 0 Å². The van der Waals surface area contributed by atoms with Crippen LogP contribution in [-0.2, 0) is 4.74 Å². The molecule has 21 heavy (non-hydrogen) atoms. The summed E-state index contributed by atoms with van der Waals surface area (Å²) in [5, 5.41) is 7.49. The molecular weight excluding hydrogens is 264 g/mol. The maximum Gasteiger partial charge on any atom is 0.101 e. The molecule has 1 aliphatic heterocycles. The molecule has 0 saturated carbocycles. The first-order valence-electron chi connectivity index (χ1n) is 7.07. The van der Waals surface area contributed by atoms with Gasteiger partial charge in [-0.2, -0.15) is 5.10 Å². The summed E-state index contributed by atoms with van der Waals surface area (Å²) in [6.07, 6.45) is 6.79. The van der Waals surface area contributed by atoms with E-state index < -0.39 is 0 Å². The molecule has 1 fully saturated rings. The minimum absolute atomic E-state index is 0.185. The zero-order valence-corrected chi connectivity index (χ0v) is 11.8. The van der Waals surface area contributed by atoms with Crippen LogP contribution in [0.4, 0.5) is 0 Å². The van der Waals surface area contributed by atoms with Crippen molar-refractivity contribution < 1.29 is 4.74 Å². The molecule has 1 aromatic carbocycles. The van der Waals surface area contributed by atoms with Crippen molar-refractivity contribution in [1.29, 1.82) is 0 Å². The van der Waals surface area contributed by atoms with Gasteiger partial charge in [-0.25, -0.2) is 4.98 Å². The van der Waals surface area contributed by atoms with E-state index in [-0.39, 0.29) is 6.10 Å². The van der Waals surface area contributed by atoms with Gasteiger partial charge in [-0.15, -0.1) is 0 Å². The maximum absolute atomic E-state index is 5.48. The lowest BCUT2D eigenvalue weighted by Crippen LogP contribution is -2.18. The van der Waals surface area contributed by atoms with E-state index in [4.69, 9.17) is 4.74 Å². The largest absolute Gasteiger partial charge is 0.372 e. The smallest absolute Gasteiger partial charge is 0.101 e. The predicted octanol–water partition coefficient (Wildman–Crippen LogP) is 3.03. The quantitative estimate of drug-likeness (QED) is 0.802. The van der Waals surface area contributed by atoms with Crippen LogP contribution in [0.15, 0.2) is 43.0 Å². The molecule has 106 valence electrons. The molecule has 1 aliphatic rings. The number of hydrogen-bond donors (Lipinski definition) is 1. The van der Waals surface area contributed by atoms with Crippen molar-refractivity contribution in [2.24, 2.45) is 0 Å². The topological polar surface area (TPSA) is 55.7 Å². The lowest BCUT2D eigenvalue weighted by molar-refractivity contribution is -0.0552. The Kier molecular flexibility index (Phi) is 2.86. The summed E-state index contributed by atoms with van der Waals surface area (Å²) in [5.41, 5.74) is 5.42. The Morgan fingerprint density at radius 3 is 2.95 bits per heavy atom. The highest BCUT2D eigenvalue weighted by Crippen LogP contribution is 2.31. The number of aryl methyl sites for hydroxylation is 1. The SMILES string of the molecule is Cc1ccc(-c2cc(C3CCO3)[nH]n2)cc1-n1ccnc1. The molecule has 0 radical (unpaired) electrons. The average molecular weight is 280 g/mol. The average Bonchev–Trinajstić information content (AvgIpc) is 3.08. The van der Waals surface area contributed by atoms with Gasteiger partial charge in [-0.3, -0.25) is 5.10 Å². The highest BCUT2D eigenvalue weighted by atomic mass is 16.5. The molecule has 1 saturated heterocycles. The molecule has 0 bridgehead atoms. The molecule has 1 atom stereocenters. The van der Waals surface area contributed by atoms with Crippen LogP contribution >= 0.6 is 0 Å².